The predicted octanol–water partition coefficient (Wildman–Crippen LogP) is 4.37. The molecule has 0 saturated heterocycles. The number of hydrogen-bond acceptors (Lipinski definition) is 0. The van der Waals surface area contributed by atoms with E-state index in [1.807, 2.05) is 0 Å². The molecule has 0 bridgehead atoms. The van der Waals surface area contributed by atoms with E-state index in [1.54, 1.807) is 0 Å². The first-order valence-corrected chi connectivity index (χ1v) is 4.94. The van der Waals surface area contributed by atoms with Crippen LogP contribution in [0.1, 0.15) is 46.5 Å². The van der Waals surface area contributed by atoms with E-state index in [1.165, 1.54) is 0 Å². The van der Waals surface area contributed by atoms with Crippen molar-refractivity contribution in [2.75, 3.05) is 0 Å². The number of halogens is 2. The fraction of sp³-hybridized carbons (Fsp3) is 0.818. The Labute approximate surface area is 79.0 Å². The van der Waals surface area contributed by atoms with Gasteiger partial charge in [-0.2, -0.15) is 8.78 Å². The summed E-state index contributed by atoms with van der Waals surface area (Å²) in [6, 6.07) is 0. The summed E-state index contributed by atoms with van der Waals surface area (Å²) < 4.78 is 24.4. The maximum Gasteiger partial charge on any atom is 0.269 e. The van der Waals surface area contributed by atoms with E-state index in [-0.39, 0.29) is 5.41 Å². The zero-order chi connectivity index (χ0) is 10.1. The van der Waals surface area contributed by atoms with Gasteiger partial charge >= 0.3 is 0 Å². The molecule has 0 aromatic carbocycles. The molecule has 1 aliphatic rings. The van der Waals surface area contributed by atoms with Crippen LogP contribution in [0.5, 0.6) is 0 Å². The molecule has 1 fully saturated rings. The van der Waals surface area contributed by atoms with E-state index in [4.69, 9.17) is 0 Å². The molecule has 13 heavy (non-hydrogen) atoms. The first-order valence-electron chi connectivity index (χ1n) is 4.94. The molecule has 1 saturated carbocycles. The van der Waals surface area contributed by atoms with E-state index >= 15 is 0 Å². The van der Waals surface area contributed by atoms with Gasteiger partial charge in [-0.25, -0.2) is 0 Å². The molecule has 0 nitrogen and oxygen atoms in total. The molecule has 0 heterocycles. The molecule has 76 valence electrons. The number of hydrogen-bond donors (Lipinski definition) is 0. The van der Waals surface area contributed by atoms with Crippen LogP contribution in [-0.4, -0.2) is 0 Å². The van der Waals surface area contributed by atoms with Gasteiger partial charge in [-0.15, -0.1) is 0 Å². The summed E-state index contributed by atoms with van der Waals surface area (Å²) in [6.45, 7) is 6.58. The summed E-state index contributed by atoms with van der Waals surface area (Å²) in [6.07, 6.45) is 1.62. The molecule has 1 aliphatic carbocycles. The van der Waals surface area contributed by atoms with Crippen molar-refractivity contribution in [2.45, 2.75) is 46.5 Å². The quantitative estimate of drug-likeness (QED) is 0.529. The lowest BCUT2D eigenvalue weighted by Crippen LogP contribution is -2.23. The Morgan fingerprint density at radius 2 is 1.62 bits per heavy atom. The summed E-state index contributed by atoms with van der Waals surface area (Å²) in [5.41, 5.74) is 0.665. The third kappa shape index (κ3) is 2.78. The highest BCUT2D eigenvalue weighted by Crippen LogP contribution is 2.40. The Kier molecular flexibility index (Phi) is 3.09. The number of rotatable bonds is 0. The second-order valence-electron chi connectivity index (χ2n) is 5.00. The Bertz CT molecular complexity index is 197. The van der Waals surface area contributed by atoms with Gasteiger partial charge < -0.3 is 0 Å². The third-order valence-electron chi connectivity index (χ3n) is 3.08. The Morgan fingerprint density at radius 1 is 1.15 bits per heavy atom. The molecule has 0 radical (unpaired) electrons. The van der Waals surface area contributed by atoms with Gasteiger partial charge in [0.1, 0.15) is 0 Å². The summed E-state index contributed by atoms with van der Waals surface area (Å²) >= 11 is 0. The van der Waals surface area contributed by atoms with Gasteiger partial charge in [0.25, 0.3) is 6.08 Å². The van der Waals surface area contributed by atoms with Crippen molar-refractivity contribution in [1.29, 1.82) is 0 Å². The minimum Gasteiger partial charge on any atom is -0.173 e. The molecule has 0 aromatic rings. The molecule has 0 atom stereocenters. The van der Waals surface area contributed by atoms with Gasteiger partial charge in [0.15, 0.2) is 0 Å². The predicted molar refractivity (Wildman–Crippen MR) is 50.7 cm³/mol. The molecule has 0 N–H and O–H groups in total. The van der Waals surface area contributed by atoms with E-state index in [2.05, 4.69) is 20.8 Å². The minimum absolute atomic E-state index is 0.276. The smallest absolute Gasteiger partial charge is 0.173 e. The molecule has 0 aliphatic heterocycles. The number of allylic oxidation sites excluding steroid dienone is 1. The van der Waals surface area contributed by atoms with Crippen LogP contribution in [0.3, 0.4) is 0 Å². The zero-order valence-electron chi connectivity index (χ0n) is 8.66. The van der Waals surface area contributed by atoms with Crippen molar-refractivity contribution < 1.29 is 8.78 Å². The van der Waals surface area contributed by atoms with Gasteiger partial charge in [-0.3, -0.25) is 0 Å². The highest BCUT2D eigenvalue weighted by atomic mass is 19.3. The highest BCUT2D eigenvalue weighted by Gasteiger charge is 2.28. The Hall–Kier alpha value is -0.400. The topological polar surface area (TPSA) is 0 Å². The summed E-state index contributed by atoms with van der Waals surface area (Å²) in [4.78, 5) is 0. The monoisotopic (exact) mass is 188 g/mol. The van der Waals surface area contributed by atoms with E-state index in [0.717, 1.165) is 12.8 Å². The van der Waals surface area contributed by atoms with Crippen molar-refractivity contribution in [3.05, 3.63) is 11.7 Å². The third-order valence-corrected chi connectivity index (χ3v) is 3.08. The summed E-state index contributed by atoms with van der Waals surface area (Å²) in [5, 5.41) is 0. The second-order valence-corrected chi connectivity index (χ2v) is 5.00. The maximum atomic E-state index is 12.2. The lowest BCUT2D eigenvalue weighted by atomic mass is 9.71. The molecule has 1 rings (SSSR count). The normalized spacial score (nSPS) is 24.7. The van der Waals surface area contributed by atoms with Gasteiger partial charge in [0.05, 0.1) is 0 Å². The Morgan fingerprint density at radius 3 is 1.92 bits per heavy atom. The van der Waals surface area contributed by atoms with E-state index in [9.17, 15) is 8.78 Å². The van der Waals surface area contributed by atoms with Crippen LogP contribution in [0, 0.1) is 11.3 Å². The van der Waals surface area contributed by atoms with Crippen LogP contribution >= 0.6 is 0 Å². The van der Waals surface area contributed by atoms with Crippen LogP contribution in [0.15, 0.2) is 11.7 Å². The van der Waals surface area contributed by atoms with Crippen molar-refractivity contribution in [3.8, 4) is 0 Å². The standard InChI is InChI=1S/C11H18F2/c1-11(2,3)9-6-4-8(5-7-9)10(12)13/h9H,4-7H2,1-3H3. The van der Waals surface area contributed by atoms with E-state index < -0.39 is 6.08 Å². The first-order chi connectivity index (χ1) is 5.91. The molecule has 0 aromatic heterocycles. The average molecular weight is 188 g/mol. The lowest BCUT2D eigenvalue weighted by molar-refractivity contribution is 0.193. The van der Waals surface area contributed by atoms with Crippen LogP contribution in [0.4, 0.5) is 8.78 Å². The van der Waals surface area contributed by atoms with Crippen LogP contribution in [0.25, 0.3) is 0 Å². The average Bonchev–Trinajstić information content (AvgIpc) is 2.03. The van der Waals surface area contributed by atoms with Gasteiger partial charge in [0.2, 0.25) is 0 Å². The van der Waals surface area contributed by atoms with Crippen molar-refractivity contribution >= 4 is 0 Å². The Balaban J connectivity index is 2.54. The van der Waals surface area contributed by atoms with E-state index in [0.29, 0.717) is 24.3 Å². The van der Waals surface area contributed by atoms with Gasteiger partial charge in [-0.05, 0) is 42.6 Å². The lowest BCUT2D eigenvalue weighted by Gasteiger charge is -2.34. The summed E-state index contributed by atoms with van der Waals surface area (Å²) in [5.74, 6) is 0.607. The summed E-state index contributed by atoms with van der Waals surface area (Å²) in [7, 11) is 0. The largest absolute Gasteiger partial charge is 0.269 e. The second kappa shape index (κ2) is 3.77. The van der Waals surface area contributed by atoms with Gasteiger partial charge in [0, 0.05) is 0 Å². The first kappa shape index (κ1) is 10.7. The highest BCUT2D eigenvalue weighted by molar-refractivity contribution is 5.06. The van der Waals surface area contributed by atoms with Crippen LogP contribution in [-0.2, 0) is 0 Å². The molecule has 2 heteroatoms. The fourth-order valence-corrected chi connectivity index (χ4v) is 2.02. The van der Waals surface area contributed by atoms with Gasteiger partial charge in [-0.1, -0.05) is 20.8 Å². The molecular formula is C11H18F2. The molecule has 0 unspecified atom stereocenters. The molecule has 0 amide bonds. The SMILES string of the molecule is CC(C)(C)C1CCC(=C(F)F)CC1. The minimum atomic E-state index is -1.44. The molecule has 0 spiro atoms. The molecular weight excluding hydrogens is 170 g/mol. The fourth-order valence-electron chi connectivity index (χ4n) is 2.02. The zero-order valence-corrected chi connectivity index (χ0v) is 8.66. The van der Waals surface area contributed by atoms with Crippen LogP contribution < -0.4 is 0 Å². The maximum absolute atomic E-state index is 12.2. The van der Waals surface area contributed by atoms with Crippen molar-refractivity contribution in [1.82, 2.24) is 0 Å². The van der Waals surface area contributed by atoms with Crippen molar-refractivity contribution in [2.24, 2.45) is 11.3 Å². The van der Waals surface area contributed by atoms with Crippen molar-refractivity contribution in [3.63, 3.8) is 0 Å². The van der Waals surface area contributed by atoms with Crippen LogP contribution in [0.2, 0.25) is 0 Å².